The van der Waals surface area contributed by atoms with Gasteiger partial charge in [0.25, 0.3) is 0 Å². The number of ketones is 3. The number of rotatable bonds is 4. The number of urea groups is 1. The molecule has 162 valence electrons. The first kappa shape index (κ1) is 21.3. The van der Waals surface area contributed by atoms with Gasteiger partial charge in [-0.3, -0.25) is 19.8 Å². The zero-order valence-electron chi connectivity index (χ0n) is 17.5. The molecule has 1 saturated heterocycles. The molecule has 2 N–H and O–H groups in total. The zero-order chi connectivity index (χ0) is 22.3. The number of thiazole rings is 1. The lowest BCUT2D eigenvalue weighted by molar-refractivity contribution is 0.0758. The number of anilines is 1. The minimum absolute atomic E-state index is 0.0817. The van der Waals surface area contributed by atoms with Gasteiger partial charge in [0.15, 0.2) is 17.3 Å². The summed E-state index contributed by atoms with van der Waals surface area (Å²) in [6.45, 7) is 6.46. The average Bonchev–Trinajstić information content (AvgIpc) is 3.19. The second kappa shape index (κ2) is 8.29. The van der Waals surface area contributed by atoms with Crippen molar-refractivity contribution in [2.45, 2.75) is 13.8 Å². The van der Waals surface area contributed by atoms with Gasteiger partial charge in [0, 0.05) is 31.7 Å². The minimum Gasteiger partial charge on any atom is -0.306 e. The Morgan fingerprint density at radius 3 is 2.45 bits per heavy atom. The van der Waals surface area contributed by atoms with Crippen molar-refractivity contribution < 1.29 is 19.2 Å². The number of nitrogens with one attached hydrogen (secondary N) is 2. The number of carbonyl (C=O) groups excluding carboxylic acids is 4. The topological polar surface area (TPSA) is 112 Å². The predicted molar refractivity (Wildman–Crippen MR) is 116 cm³/mol. The Bertz CT molecular complexity index is 1090. The van der Waals surface area contributed by atoms with E-state index in [1.165, 1.54) is 17.4 Å². The van der Waals surface area contributed by atoms with Crippen molar-refractivity contribution in [3.8, 4) is 0 Å². The smallest absolute Gasteiger partial charge is 0.306 e. The van der Waals surface area contributed by atoms with Crippen LogP contribution in [0.3, 0.4) is 0 Å². The molecule has 4 rings (SSSR count). The van der Waals surface area contributed by atoms with E-state index in [4.69, 9.17) is 0 Å². The predicted octanol–water partition coefficient (Wildman–Crippen LogP) is 1.92. The van der Waals surface area contributed by atoms with Crippen LogP contribution in [0, 0.1) is 19.8 Å². The van der Waals surface area contributed by atoms with Crippen LogP contribution in [0.25, 0.3) is 0 Å². The number of hydrazine groups is 1. The zero-order valence-corrected chi connectivity index (χ0v) is 18.3. The van der Waals surface area contributed by atoms with Gasteiger partial charge in [-0.1, -0.05) is 12.1 Å². The molecule has 2 amide bonds. The summed E-state index contributed by atoms with van der Waals surface area (Å²) >= 11 is 1.17. The molecule has 0 saturated carbocycles. The monoisotopic (exact) mass is 441 g/mol. The van der Waals surface area contributed by atoms with Crippen LogP contribution in [0.2, 0.25) is 0 Å². The van der Waals surface area contributed by atoms with Crippen LogP contribution in [0.4, 0.5) is 10.5 Å². The van der Waals surface area contributed by atoms with E-state index < -0.39 is 29.3 Å². The van der Waals surface area contributed by atoms with Crippen LogP contribution in [0.15, 0.2) is 18.2 Å². The van der Waals surface area contributed by atoms with Gasteiger partial charge in [0.2, 0.25) is 0 Å². The van der Waals surface area contributed by atoms with E-state index >= 15 is 0 Å². The summed E-state index contributed by atoms with van der Waals surface area (Å²) in [6.07, 6.45) is 0. The summed E-state index contributed by atoms with van der Waals surface area (Å²) in [7, 11) is 2.01. The maximum absolute atomic E-state index is 13.1. The first-order chi connectivity index (χ1) is 14.8. The third-order valence-corrected chi connectivity index (χ3v) is 6.59. The number of nitrogens with zero attached hydrogens (tertiary/aromatic N) is 3. The van der Waals surface area contributed by atoms with Crippen molar-refractivity contribution in [1.29, 1.82) is 0 Å². The normalized spacial score (nSPS) is 19.4. The van der Waals surface area contributed by atoms with Crippen molar-refractivity contribution in [3.05, 3.63) is 44.9 Å². The number of benzene rings is 1. The fourth-order valence-corrected chi connectivity index (χ4v) is 4.78. The molecule has 0 bridgehead atoms. The van der Waals surface area contributed by atoms with E-state index in [0.717, 1.165) is 13.1 Å². The summed E-state index contributed by atoms with van der Waals surface area (Å²) in [5.74, 6) is -3.11. The lowest BCUT2D eigenvalue weighted by Gasteiger charge is -2.32. The highest BCUT2D eigenvalue weighted by molar-refractivity contribution is 7.13. The molecule has 2 heterocycles. The molecule has 10 heteroatoms. The Morgan fingerprint density at radius 2 is 1.81 bits per heavy atom. The quantitative estimate of drug-likeness (QED) is 0.551. The average molecular weight is 442 g/mol. The molecule has 1 aromatic heterocycles. The molecule has 0 radical (unpaired) electrons. The van der Waals surface area contributed by atoms with Crippen molar-refractivity contribution in [3.63, 3.8) is 0 Å². The molecule has 2 aromatic rings. The number of amides is 2. The molecule has 1 aliphatic carbocycles. The lowest BCUT2D eigenvalue weighted by atomic mass is 9.97. The van der Waals surface area contributed by atoms with Gasteiger partial charge >= 0.3 is 6.03 Å². The van der Waals surface area contributed by atoms with Crippen LogP contribution in [-0.4, -0.2) is 71.5 Å². The number of carbonyl (C=O) groups is 4. The first-order valence-electron chi connectivity index (χ1n) is 9.97. The number of hydrogen-bond donors (Lipinski definition) is 2. The molecule has 1 aliphatic heterocycles. The summed E-state index contributed by atoms with van der Waals surface area (Å²) in [6, 6.07) is 4.16. The van der Waals surface area contributed by atoms with Crippen molar-refractivity contribution in [2.24, 2.45) is 5.92 Å². The number of fused-ring (bicyclic) bond motifs is 1. The third-order valence-electron chi connectivity index (χ3n) is 5.50. The van der Waals surface area contributed by atoms with Crippen LogP contribution < -0.4 is 10.7 Å². The molecule has 1 unspecified atom stereocenters. The Kier molecular flexibility index (Phi) is 5.69. The largest absolute Gasteiger partial charge is 0.333 e. The molecule has 1 atom stereocenters. The minimum atomic E-state index is -1.43. The van der Waals surface area contributed by atoms with E-state index in [0.29, 0.717) is 28.7 Å². The van der Waals surface area contributed by atoms with Crippen molar-refractivity contribution in [2.75, 3.05) is 38.5 Å². The number of hydrogen-bond acceptors (Lipinski definition) is 8. The standard InChI is InChI=1S/C21H23N5O4S/c1-11-20(31-12(2)22-11)19(29)16-17(27)13-5-4-6-14(15(13)18(16)28)23-21(30)24-26-9-7-25(3)8-10-26/h4-6,16H,7-10H2,1-3H3,(H2,23,24,30). The van der Waals surface area contributed by atoms with Gasteiger partial charge in [0.05, 0.1) is 26.8 Å². The van der Waals surface area contributed by atoms with Gasteiger partial charge in [-0.25, -0.2) is 14.8 Å². The van der Waals surface area contributed by atoms with Crippen LogP contribution in [0.5, 0.6) is 0 Å². The van der Waals surface area contributed by atoms with Gasteiger partial charge in [-0.05, 0) is 27.0 Å². The maximum Gasteiger partial charge on any atom is 0.333 e. The molecule has 31 heavy (non-hydrogen) atoms. The number of aryl methyl sites for hydroxylation is 2. The molecule has 2 aliphatic rings. The van der Waals surface area contributed by atoms with E-state index in [-0.39, 0.29) is 16.8 Å². The highest BCUT2D eigenvalue weighted by atomic mass is 32.1. The molecular weight excluding hydrogens is 418 g/mol. The Labute approximate surface area is 183 Å². The van der Waals surface area contributed by atoms with Gasteiger partial charge in [-0.15, -0.1) is 11.3 Å². The lowest BCUT2D eigenvalue weighted by Crippen LogP contribution is -2.53. The van der Waals surface area contributed by atoms with E-state index in [9.17, 15) is 19.2 Å². The number of piperazine rings is 1. The number of Topliss-reactive ketones (excluding diaryl/α,β-unsaturated/α-hetero) is 3. The van der Waals surface area contributed by atoms with E-state index in [2.05, 4.69) is 20.6 Å². The summed E-state index contributed by atoms with van der Waals surface area (Å²) in [5, 5.41) is 5.16. The molecule has 0 spiro atoms. The van der Waals surface area contributed by atoms with Crippen LogP contribution in [0.1, 0.15) is 41.1 Å². The summed E-state index contributed by atoms with van der Waals surface area (Å²) in [5.41, 5.74) is 3.72. The third kappa shape index (κ3) is 4.01. The molecule has 1 fully saturated rings. The highest BCUT2D eigenvalue weighted by Crippen LogP contribution is 2.35. The highest BCUT2D eigenvalue weighted by Gasteiger charge is 2.46. The Balaban J connectivity index is 1.54. The van der Waals surface area contributed by atoms with Crippen molar-refractivity contribution >= 4 is 40.4 Å². The first-order valence-corrected chi connectivity index (χ1v) is 10.8. The van der Waals surface area contributed by atoms with Crippen LogP contribution >= 0.6 is 11.3 Å². The van der Waals surface area contributed by atoms with Crippen molar-refractivity contribution in [1.82, 2.24) is 20.3 Å². The van der Waals surface area contributed by atoms with E-state index in [1.54, 1.807) is 31.0 Å². The Morgan fingerprint density at radius 1 is 1.10 bits per heavy atom. The number of likely N-dealkylation sites (N-methyl/N-ethyl adjacent to an activating group) is 1. The summed E-state index contributed by atoms with van der Waals surface area (Å²) in [4.78, 5) is 58.3. The second-order valence-electron chi connectivity index (χ2n) is 7.76. The molecule has 9 nitrogen and oxygen atoms in total. The number of aromatic nitrogens is 1. The SMILES string of the molecule is Cc1nc(C)c(C(=O)C2C(=O)c3cccc(NC(=O)NN4CCN(C)CC4)c3C2=O)s1. The molecule has 1 aromatic carbocycles. The molecular formula is C21H23N5O4S. The fraction of sp³-hybridized carbons (Fsp3) is 0.381. The summed E-state index contributed by atoms with van der Waals surface area (Å²) < 4.78 is 0. The van der Waals surface area contributed by atoms with Crippen LogP contribution in [-0.2, 0) is 0 Å². The van der Waals surface area contributed by atoms with Gasteiger partial charge in [0.1, 0.15) is 5.92 Å². The van der Waals surface area contributed by atoms with E-state index in [1.807, 2.05) is 7.05 Å². The second-order valence-corrected chi connectivity index (χ2v) is 8.96. The maximum atomic E-state index is 13.1. The van der Waals surface area contributed by atoms with Gasteiger partial charge < -0.3 is 10.2 Å². The van der Waals surface area contributed by atoms with Gasteiger partial charge in [-0.2, -0.15) is 0 Å². The Hall–Kier alpha value is -2.95. The fourth-order valence-electron chi connectivity index (χ4n) is 3.89.